The fraction of sp³-hybridized carbons (Fsp3) is 0.105. The summed E-state index contributed by atoms with van der Waals surface area (Å²) in [5.41, 5.74) is 6.05. The summed E-state index contributed by atoms with van der Waals surface area (Å²) in [5.74, 6) is 8.45. The number of hydrogen-bond donors (Lipinski definition) is 0. The van der Waals surface area contributed by atoms with Gasteiger partial charge in [0.1, 0.15) is 17.3 Å². The van der Waals surface area contributed by atoms with Gasteiger partial charge in [-0.1, -0.05) is 53.8 Å². The Hall–Kier alpha value is -5.60. The van der Waals surface area contributed by atoms with Gasteiger partial charge < -0.3 is 9.47 Å². The molecule has 43 heavy (non-hydrogen) atoms. The molecule has 1 aromatic heterocycles. The minimum atomic E-state index is -0.139. The van der Waals surface area contributed by atoms with Gasteiger partial charge in [-0.2, -0.15) is 0 Å². The van der Waals surface area contributed by atoms with Gasteiger partial charge in [-0.3, -0.25) is 9.36 Å². The maximum atomic E-state index is 13.9. The fourth-order valence-electron chi connectivity index (χ4n) is 5.19. The Morgan fingerprint density at radius 3 is 2.28 bits per heavy atom. The average molecular weight is 563 g/mol. The van der Waals surface area contributed by atoms with Crippen LogP contribution in [0, 0.1) is 25.7 Å². The van der Waals surface area contributed by atoms with Gasteiger partial charge in [-0.25, -0.2) is 4.98 Å². The van der Waals surface area contributed by atoms with Crippen molar-refractivity contribution in [1.29, 1.82) is 0 Å². The Balaban J connectivity index is 1.40. The molecule has 0 N–H and O–H groups in total. The van der Waals surface area contributed by atoms with Crippen LogP contribution in [0.4, 0.5) is 0 Å². The normalized spacial score (nSPS) is 11.1. The lowest BCUT2D eigenvalue weighted by Gasteiger charge is -2.14. The predicted octanol–water partition coefficient (Wildman–Crippen LogP) is 7.74. The third-order valence-electron chi connectivity index (χ3n) is 7.44. The quantitative estimate of drug-likeness (QED) is 0.202. The van der Waals surface area contributed by atoms with E-state index in [1.165, 1.54) is 16.3 Å². The predicted molar refractivity (Wildman–Crippen MR) is 175 cm³/mol. The monoisotopic (exact) mass is 562 g/mol. The lowest BCUT2D eigenvalue weighted by Crippen LogP contribution is -2.23. The maximum absolute atomic E-state index is 13.9. The van der Waals surface area contributed by atoms with Crippen LogP contribution in [-0.2, 0) is 0 Å². The molecule has 0 aliphatic rings. The van der Waals surface area contributed by atoms with E-state index >= 15 is 0 Å². The minimum absolute atomic E-state index is 0.139. The van der Waals surface area contributed by atoms with E-state index in [0.717, 1.165) is 27.9 Å². The van der Waals surface area contributed by atoms with Crippen LogP contribution in [-0.4, -0.2) is 23.8 Å². The number of aryl methyl sites for hydroxylation is 2. The Labute approximate surface area is 250 Å². The highest BCUT2D eigenvalue weighted by Crippen LogP contribution is 2.27. The van der Waals surface area contributed by atoms with Crippen molar-refractivity contribution in [2.45, 2.75) is 13.8 Å². The molecule has 6 aromatic rings. The molecule has 0 radical (unpaired) electrons. The summed E-state index contributed by atoms with van der Waals surface area (Å²) in [6.07, 6.45) is 3.73. The molecule has 0 aliphatic heterocycles. The van der Waals surface area contributed by atoms with Gasteiger partial charge in [0.2, 0.25) is 0 Å². The molecule has 5 nitrogen and oxygen atoms in total. The van der Waals surface area contributed by atoms with Crippen molar-refractivity contribution in [3.05, 3.63) is 141 Å². The summed E-state index contributed by atoms with van der Waals surface area (Å²) in [6, 6.07) is 31.6. The third-order valence-corrected chi connectivity index (χ3v) is 7.44. The largest absolute Gasteiger partial charge is 0.497 e. The van der Waals surface area contributed by atoms with E-state index in [1.807, 2.05) is 79.7 Å². The zero-order chi connectivity index (χ0) is 29.9. The highest BCUT2D eigenvalue weighted by molar-refractivity contribution is 5.84. The van der Waals surface area contributed by atoms with Crippen molar-refractivity contribution in [3.8, 4) is 29.0 Å². The first kappa shape index (κ1) is 27.6. The highest BCUT2D eigenvalue weighted by atomic mass is 16.5. The Morgan fingerprint density at radius 1 is 0.744 bits per heavy atom. The topological polar surface area (TPSA) is 53.3 Å². The second-order valence-corrected chi connectivity index (χ2v) is 10.4. The highest BCUT2D eigenvalue weighted by Gasteiger charge is 2.13. The van der Waals surface area contributed by atoms with Gasteiger partial charge in [0, 0.05) is 22.8 Å². The van der Waals surface area contributed by atoms with Crippen molar-refractivity contribution in [1.82, 2.24) is 9.55 Å². The van der Waals surface area contributed by atoms with Crippen molar-refractivity contribution in [2.24, 2.45) is 0 Å². The van der Waals surface area contributed by atoms with E-state index in [1.54, 1.807) is 24.9 Å². The first-order chi connectivity index (χ1) is 20.9. The summed E-state index contributed by atoms with van der Waals surface area (Å²) in [5, 5.41) is 2.92. The lowest BCUT2D eigenvalue weighted by atomic mass is 10.0. The Morgan fingerprint density at radius 2 is 1.49 bits per heavy atom. The zero-order valence-corrected chi connectivity index (χ0v) is 24.5. The zero-order valence-electron chi connectivity index (χ0n) is 24.5. The molecule has 5 aromatic carbocycles. The first-order valence-electron chi connectivity index (χ1n) is 14.0. The van der Waals surface area contributed by atoms with Crippen LogP contribution in [0.2, 0.25) is 0 Å². The van der Waals surface area contributed by atoms with Gasteiger partial charge in [0.15, 0.2) is 0 Å². The lowest BCUT2D eigenvalue weighted by molar-refractivity contribution is 0.394. The number of methoxy groups -OCH3 is 2. The van der Waals surface area contributed by atoms with Gasteiger partial charge >= 0.3 is 0 Å². The number of ether oxygens (including phenoxy) is 2. The van der Waals surface area contributed by atoms with E-state index in [2.05, 4.69) is 49.1 Å². The number of aromatic nitrogens is 2. The fourth-order valence-corrected chi connectivity index (χ4v) is 5.19. The number of benzene rings is 5. The number of rotatable bonds is 5. The van der Waals surface area contributed by atoms with Crippen LogP contribution < -0.4 is 15.0 Å². The molecule has 0 fully saturated rings. The Bertz CT molecular complexity index is 2160. The summed E-state index contributed by atoms with van der Waals surface area (Å²) < 4.78 is 12.6. The van der Waals surface area contributed by atoms with Crippen LogP contribution >= 0.6 is 0 Å². The number of nitrogens with zero attached hydrogens (tertiary/aromatic N) is 2. The minimum Gasteiger partial charge on any atom is -0.497 e. The van der Waals surface area contributed by atoms with Crippen molar-refractivity contribution >= 4 is 33.8 Å². The van der Waals surface area contributed by atoms with Crippen LogP contribution in [0.5, 0.6) is 11.5 Å². The van der Waals surface area contributed by atoms with Gasteiger partial charge in [-0.05, 0) is 96.9 Å². The molecular weight excluding hydrogens is 532 g/mol. The maximum Gasteiger partial charge on any atom is 0.266 e. The van der Waals surface area contributed by atoms with Crippen LogP contribution in [0.15, 0.2) is 102 Å². The smallest absolute Gasteiger partial charge is 0.266 e. The van der Waals surface area contributed by atoms with E-state index in [-0.39, 0.29) is 5.56 Å². The Kier molecular flexibility index (Phi) is 7.51. The number of hydrogen-bond acceptors (Lipinski definition) is 4. The second-order valence-electron chi connectivity index (χ2n) is 10.4. The van der Waals surface area contributed by atoms with Crippen LogP contribution in [0.1, 0.15) is 33.6 Å². The number of fused-ring (bicyclic) bond motifs is 2. The number of para-hydroxylation sites is 1. The molecule has 0 unspecified atom stereocenters. The summed E-state index contributed by atoms with van der Waals surface area (Å²) in [6.45, 7) is 4.08. The molecular formula is C38H30N2O3. The molecule has 0 amide bonds. The SMILES string of the molecule is COc1ccc(/C=C/c2nc3ccccc3c(=O)n2-c2ccc(C#Cc3ccc4cc(C)ccc4c3)cc2C)c(OC)c1. The van der Waals surface area contributed by atoms with Gasteiger partial charge in [0.05, 0.1) is 30.8 Å². The summed E-state index contributed by atoms with van der Waals surface area (Å²) in [7, 11) is 3.23. The van der Waals surface area contributed by atoms with Crippen molar-refractivity contribution < 1.29 is 9.47 Å². The molecule has 1 heterocycles. The first-order valence-corrected chi connectivity index (χ1v) is 14.0. The molecule has 0 aliphatic carbocycles. The van der Waals surface area contributed by atoms with E-state index in [0.29, 0.717) is 28.2 Å². The van der Waals surface area contributed by atoms with Crippen molar-refractivity contribution in [2.75, 3.05) is 14.2 Å². The third kappa shape index (κ3) is 5.64. The molecule has 0 bridgehead atoms. The standard InChI is InChI=1S/C38H30N2O3/c1-25-9-14-31-23-28(12-15-30(31)21-25)11-10-27-13-19-35(26(2)22-27)40-37(39-34-8-6-5-7-33(34)38(40)41)20-17-29-16-18-32(42-3)24-36(29)43-4/h5-9,12-24H,1-4H3/b20-17+. The molecule has 0 atom stereocenters. The van der Waals surface area contributed by atoms with E-state index in [4.69, 9.17) is 14.5 Å². The second kappa shape index (κ2) is 11.7. The molecule has 210 valence electrons. The summed E-state index contributed by atoms with van der Waals surface area (Å²) >= 11 is 0. The molecule has 0 spiro atoms. The van der Waals surface area contributed by atoms with E-state index in [9.17, 15) is 4.79 Å². The molecule has 5 heteroatoms. The summed E-state index contributed by atoms with van der Waals surface area (Å²) in [4.78, 5) is 18.7. The molecule has 0 saturated carbocycles. The van der Waals surface area contributed by atoms with Gasteiger partial charge in [-0.15, -0.1) is 0 Å². The average Bonchev–Trinajstić information content (AvgIpc) is 3.03. The van der Waals surface area contributed by atoms with Crippen LogP contribution in [0.25, 0.3) is 39.5 Å². The molecule has 0 saturated heterocycles. The van der Waals surface area contributed by atoms with E-state index < -0.39 is 0 Å². The van der Waals surface area contributed by atoms with Crippen molar-refractivity contribution in [3.63, 3.8) is 0 Å². The van der Waals surface area contributed by atoms with Gasteiger partial charge in [0.25, 0.3) is 5.56 Å². The molecule has 6 rings (SSSR count). The van der Waals surface area contributed by atoms with Crippen LogP contribution in [0.3, 0.4) is 0 Å².